The Kier molecular flexibility index (Phi) is 5.31. The average Bonchev–Trinajstić information content (AvgIpc) is 3.48. The van der Waals surface area contributed by atoms with Crippen molar-refractivity contribution in [2.75, 3.05) is 31.2 Å². The summed E-state index contributed by atoms with van der Waals surface area (Å²) in [6, 6.07) is 8.14. The van der Waals surface area contributed by atoms with E-state index in [1.54, 1.807) is 15.9 Å². The van der Waals surface area contributed by atoms with Crippen molar-refractivity contribution in [3.8, 4) is 0 Å². The van der Waals surface area contributed by atoms with Gasteiger partial charge in [0.15, 0.2) is 0 Å². The van der Waals surface area contributed by atoms with Crippen molar-refractivity contribution in [2.45, 2.75) is 51.7 Å². The minimum absolute atomic E-state index is 0.0186. The molecule has 0 radical (unpaired) electrons. The van der Waals surface area contributed by atoms with Gasteiger partial charge >= 0.3 is 0 Å². The predicted molar refractivity (Wildman–Crippen MR) is 129 cm³/mol. The standard InChI is InChI=1S/C25H28N4O3S/c1-16-13-17-5-2-3-7-19(17)29(16)22(30)15-28-21(14-27-9-11-32-12-10-27)26-24-23(25(28)31)18-6-4-8-20(18)33-24/h2-3,5,7,16H,4,6,8-15H2,1H3/t16-/m0/s1. The lowest BCUT2D eigenvalue weighted by Gasteiger charge is -2.28. The van der Waals surface area contributed by atoms with Gasteiger partial charge in [0.2, 0.25) is 5.91 Å². The first-order valence-electron chi connectivity index (χ1n) is 11.8. The number of morpholine rings is 1. The Labute approximate surface area is 196 Å². The first-order chi connectivity index (χ1) is 16.1. The summed E-state index contributed by atoms with van der Waals surface area (Å²) in [5, 5.41) is 0.737. The molecule has 1 saturated heterocycles. The third-order valence-electron chi connectivity index (χ3n) is 7.14. The number of benzene rings is 1. The van der Waals surface area contributed by atoms with Gasteiger partial charge in [0.1, 0.15) is 17.2 Å². The number of para-hydroxylation sites is 1. The Hall–Kier alpha value is -2.55. The molecule has 0 unspecified atom stereocenters. The van der Waals surface area contributed by atoms with Gasteiger partial charge in [0.25, 0.3) is 5.56 Å². The molecular formula is C25H28N4O3S. The number of fused-ring (bicyclic) bond motifs is 4. The molecule has 6 rings (SSSR count). The van der Waals surface area contributed by atoms with Gasteiger partial charge in [0.05, 0.1) is 25.1 Å². The zero-order valence-electron chi connectivity index (χ0n) is 18.9. The van der Waals surface area contributed by atoms with Crippen molar-refractivity contribution >= 4 is 33.1 Å². The Morgan fingerprint density at radius 2 is 2.03 bits per heavy atom. The summed E-state index contributed by atoms with van der Waals surface area (Å²) in [4.78, 5) is 38.6. The van der Waals surface area contributed by atoms with E-state index in [2.05, 4.69) is 17.9 Å². The zero-order valence-corrected chi connectivity index (χ0v) is 19.7. The Balaban J connectivity index is 1.41. The quantitative estimate of drug-likeness (QED) is 0.594. The summed E-state index contributed by atoms with van der Waals surface area (Å²) in [7, 11) is 0. The SMILES string of the molecule is C[C@H]1Cc2ccccc2N1C(=O)Cn1c(CN2CCOCC2)nc2sc3c(c2c1=O)CCC3. The molecule has 1 aromatic carbocycles. The predicted octanol–water partition coefficient (Wildman–Crippen LogP) is 2.76. The van der Waals surface area contributed by atoms with E-state index in [9.17, 15) is 9.59 Å². The van der Waals surface area contributed by atoms with Crippen LogP contribution in [0.1, 0.15) is 35.2 Å². The highest BCUT2D eigenvalue weighted by atomic mass is 32.1. The molecule has 1 aliphatic carbocycles. The van der Waals surface area contributed by atoms with E-state index < -0.39 is 0 Å². The second-order valence-corrected chi connectivity index (χ2v) is 10.4. The van der Waals surface area contributed by atoms with Gasteiger partial charge in [-0.1, -0.05) is 18.2 Å². The summed E-state index contributed by atoms with van der Waals surface area (Å²) in [6.07, 6.45) is 3.88. The minimum Gasteiger partial charge on any atom is -0.379 e. The number of rotatable bonds is 4. The molecule has 0 spiro atoms. The van der Waals surface area contributed by atoms with E-state index in [1.165, 1.54) is 10.4 Å². The number of carbonyl (C=O) groups is 1. The number of hydrogen-bond acceptors (Lipinski definition) is 6. The summed E-state index contributed by atoms with van der Waals surface area (Å²) < 4.78 is 7.14. The average molecular weight is 465 g/mol. The van der Waals surface area contributed by atoms with Crippen LogP contribution in [-0.2, 0) is 41.9 Å². The number of ether oxygens (including phenoxy) is 1. The molecule has 7 nitrogen and oxygen atoms in total. The van der Waals surface area contributed by atoms with E-state index in [-0.39, 0.29) is 24.1 Å². The molecule has 33 heavy (non-hydrogen) atoms. The lowest BCUT2D eigenvalue weighted by atomic mass is 10.1. The molecule has 1 amide bonds. The molecule has 2 aliphatic heterocycles. The largest absolute Gasteiger partial charge is 0.379 e. The van der Waals surface area contributed by atoms with E-state index in [4.69, 9.17) is 9.72 Å². The Morgan fingerprint density at radius 3 is 2.88 bits per heavy atom. The first-order valence-corrected chi connectivity index (χ1v) is 12.7. The fraction of sp³-hybridized carbons (Fsp3) is 0.480. The van der Waals surface area contributed by atoms with E-state index in [0.29, 0.717) is 25.6 Å². The molecule has 8 heteroatoms. The maximum absolute atomic E-state index is 13.8. The van der Waals surface area contributed by atoms with Gasteiger partial charge < -0.3 is 9.64 Å². The first kappa shape index (κ1) is 21.0. The van der Waals surface area contributed by atoms with Crippen LogP contribution in [0.2, 0.25) is 0 Å². The van der Waals surface area contributed by atoms with Gasteiger partial charge in [-0.15, -0.1) is 11.3 Å². The van der Waals surface area contributed by atoms with Crippen LogP contribution in [-0.4, -0.2) is 52.7 Å². The smallest absolute Gasteiger partial charge is 0.263 e. The number of hydrogen-bond donors (Lipinski definition) is 0. The lowest BCUT2D eigenvalue weighted by Crippen LogP contribution is -2.42. The summed E-state index contributed by atoms with van der Waals surface area (Å²) in [5.74, 6) is 0.633. The number of aromatic nitrogens is 2. The monoisotopic (exact) mass is 464 g/mol. The second-order valence-electron chi connectivity index (χ2n) is 9.29. The summed E-state index contributed by atoms with van der Waals surface area (Å²) in [6.45, 7) is 5.62. The van der Waals surface area contributed by atoms with Crippen LogP contribution >= 0.6 is 11.3 Å². The summed E-state index contributed by atoms with van der Waals surface area (Å²) in [5.41, 5.74) is 3.24. The van der Waals surface area contributed by atoms with Crippen molar-refractivity contribution in [1.29, 1.82) is 0 Å². The maximum Gasteiger partial charge on any atom is 0.263 e. The molecule has 0 N–H and O–H groups in total. The fourth-order valence-corrected chi connectivity index (χ4v) is 6.79. The Morgan fingerprint density at radius 1 is 1.21 bits per heavy atom. The van der Waals surface area contributed by atoms with E-state index >= 15 is 0 Å². The molecule has 0 bridgehead atoms. The highest BCUT2D eigenvalue weighted by Crippen LogP contribution is 2.35. The van der Waals surface area contributed by atoms with Crippen molar-refractivity contribution in [3.05, 3.63) is 56.4 Å². The second kappa shape index (κ2) is 8.34. The van der Waals surface area contributed by atoms with Crippen LogP contribution in [0.25, 0.3) is 10.2 Å². The van der Waals surface area contributed by atoms with Crippen molar-refractivity contribution < 1.29 is 9.53 Å². The van der Waals surface area contributed by atoms with Crippen LogP contribution in [0.4, 0.5) is 5.69 Å². The molecule has 3 aromatic rings. The van der Waals surface area contributed by atoms with E-state index in [1.807, 2.05) is 23.1 Å². The minimum atomic E-state index is -0.0591. The van der Waals surface area contributed by atoms with E-state index in [0.717, 1.165) is 60.2 Å². The number of amides is 1. The lowest BCUT2D eigenvalue weighted by molar-refractivity contribution is -0.119. The van der Waals surface area contributed by atoms with Crippen LogP contribution in [0, 0.1) is 0 Å². The van der Waals surface area contributed by atoms with Crippen LogP contribution in [0.15, 0.2) is 29.1 Å². The molecule has 1 fully saturated rings. The van der Waals surface area contributed by atoms with Crippen LogP contribution in [0.3, 0.4) is 0 Å². The van der Waals surface area contributed by atoms with Crippen LogP contribution in [0.5, 0.6) is 0 Å². The van der Waals surface area contributed by atoms with Gasteiger partial charge in [-0.3, -0.25) is 19.1 Å². The number of nitrogens with zero attached hydrogens (tertiary/aromatic N) is 4. The number of carbonyl (C=O) groups excluding carboxylic acids is 1. The molecule has 172 valence electrons. The normalized spacial score (nSPS) is 20.4. The van der Waals surface area contributed by atoms with Gasteiger partial charge in [-0.2, -0.15) is 0 Å². The summed E-state index contributed by atoms with van der Waals surface area (Å²) >= 11 is 1.66. The number of anilines is 1. The molecule has 3 aliphatic rings. The topological polar surface area (TPSA) is 67.7 Å². The zero-order chi connectivity index (χ0) is 22.5. The maximum atomic E-state index is 13.8. The van der Waals surface area contributed by atoms with Gasteiger partial charge in [0, 0.05) is 29.7 Å². The molecule has 4 heterocycles. The third kappa shape index (κ3) is 3.61. The van der Waals surface area contributed by atoms with Gasteiger partial charge in [-0.05, 0) is 49.8 Å². The van der Waals surface area contributed by atoms with Crippen molar-refractivity contribution in [3.63, 3.8) is 0 Å². The highest BCUT2D eigenvalue weighted by molar-refractivity contribution is 7.18. The van der Waals surface area contributed by atoms with Crippen molar-refractivity contribution in [2.24, 2.45) is 0 Å². The molecule has 1 atom stereocenters. The van der Waals surface area contributed by atoms with Crippen LogP contribution < -0.4 is 10.5 Å². The number of aryl methyl sites for hydroxylation is 2. The Bertz CT molecular complexity index is 1290. The third-order valence-corrected chi connectivity index (χ3v) is 8.33. The molecule has 2 aromatic heterocycles. The molecule has 0 saturated carbocycles. The van der Waals surface area contributed by atoms with Gasteiger partial charge in [-0.25, -0.2) is 4.98 Å². The molecular weight excluding hydrogens is 436 g/mol. The highest BCUT2D eigenvalue weighted by Gasteiger charge is 2.32. The fourth-order valence-electron chi connectivity index (χ4n) is 5.52. The number of thiophene rings is 1. The van der Waals surface area contributed by atoms with Crippen molar-refractivity contribution in [1.82, 2.24) is 14.5 Å².